The lowest BCUT2D eigenvalue weighted by Gasteiger charge is -2.28. The first-order chi connectivity index (χ1) is 7.11. The van der Waals surface area contributed by atoms with E-state index in [2.05, 4.69) is 4.99 Å². The Labute approximate surface area is 95.7 Å². The number of halogens is 2. The molecule has 0 saturated heterocycles. The van der Waals surface area contributed by atoms with Gasteiger partial charge in [-0.05, 0) is 12.1 Å². The zero-order valence-electron chi connectivity index (χ0n) is 7.39. The van der Waals surface area contributed by atoms with Gasteiger partial charge in [0.25, 0.3) is 0 Å². The highest BCUT2D eigenvalue weighted by atomic mass is 35.5. The van der Waals surface area contributed by atoms with Crippen molar-refractivity contribution in [1.82, 2.24) is 0 Å². The van der Waals surface area contributed by atoms with Crippen molar-refractivity contribution in [1.29, 1.82) is 0 Å². The van der Waals surface area contributed by atoms with Gasteiger partial charge in [0.2, 0.25) is 0 Å². The molecule has 1 heterocycles. The number of nitrogens with zero attached hydrogens (tertiary/aromatic N) is 2. The van der Waals surface area contributed by atoms with Crippen molar-refractivity contribution in [2.24, 2.45) is 4.99 Å². The molecular formula is C9H6Cl2N2O2. The smallest absolute Gasteiger partial charge is 0.413 e. The Morgan fingerprint density at radius 1 is 1.47 bits per heavy atom. The van der Waals surface area contributed by atoms with Crippen LogP contribution in [-0.2, 0) is 0 Å². The molecular weight excluding hydrogens is 239 g/mol. The molecule has 0 saturated carbocycles. The molecule has 78 valence electrons. The van der Waals surface area contributed by atoms with E-state index in [-0.39, 0.29) is 5.17 Å². The molecule has 1 unspecified atom stereocenters. The highest BCUT2D eigenvalue weighted by molar-refractivity contribution is 6.72. The van der Waals surface area contributed by atoms with E-state index < -0.39 is 11.6 Å². The molecule has 0 fully saturated rings. The molecule has 1 atom stereocenters. The average Bonchev–Trinajstić information content (AvgIpc) is 2.19. The number of carbonyl (C=O) groups is 1. The summed E-state index contributed by atoms with van der Waals surface area (Å²) in [6, 6.07) is 6.77. The fraction of sp³-hybridized carbons (Fsp3) is 0.111. The van der Waals surface area contributed by atoms with Crippen molar-refractivity contribution >= 4 is 45.8 Å². The molecule has 0 aromatic heterocycles. The fourth-order valence-electron chi connectivity index (χ4n) is 1.36. The zero-order valence-corrected chi connectivity index (χ0v) is 8.90. The summed E-state index contributed by atoms with van der Waals surface area (Å²) in [6.07, 6.45) is -1.16. The molecule has 6 heteroatoms. The molecule has 1 aromatic rings. The predicted molar refractivity (Wildman–Crippen MR) is 59.5 cm³/mol. The highest BCUT2D eigenvalue weighted by Gasteiger charge is 2.31. The molecule has 1 N–H and O–H groups in total. The van der Waals surface area contributed by atoms with Crippen molar-refractivity contribution in [3.8, 4) is 0 Å². The van der Waals surface area contributed by atoms with Gasteiger partial charge in [-0.3, -0.25) is 4.90 Å². The molecule has 1 amide bonds. The van der Waals surface area contributed by atoms with E-state index >= 15 is 0 Å². The van der Waals surface area contributed by atoms with Gasteiger partial charge in [-0.25, -0.2) is 9.79 Å². The second kappa shape index (κ2) is 3.72. The Hall–Kier alpha value is -1.26. The minimum absolute atomic E-state index is 0.0535. The number of hydrogen-bond acceptors (Lipinski definition) is 2. The van der Waals surface area contributed by atoms with Gasteiger partial charge in [0.1, 0.15) is 5.17 Å². The molecule has 0 radical (unpaired) electrons. The normalized spacial score (nSPS) is 19.5. The third-order valence-electron chi connectivity index (χ3n) is 2.00. The number of amides is 1. The van der Waals surface area contributed by atoms with E-state index in [0.717, 1.165) is 4.90 Å². The van der Waals surface area contributed by atoms with E-state index in [1.807, 2.05) is 0 Å². The summed E-state index contributed by atoms with van der Waals surface area (Å²) in [4.78, 5) is 16.0. The van der Waals surface area contributed by atoms with Crippen LogP contribution in [0.25, 0.3) is 0 Å². The van der Waals surface area contributed by atoms with E-state index in [9.17, 15) is 4.79 Å². The number of rotatable bonds is 0. The van der Waals surface area contributed by atoms with Crippen molar-refractivity contribution in [2.75, 3.05) is 4.90 Å². The van der Waals surface area contributed by atoms with Crippen molar-refractivity contribution in [3.05, 3.63) is 24.3 Å². The fourth-order valence-corrected chi connectivity index (χ4v) is 1.79. The molecule has 15 heavy (non-hydrogen) atoms. The summed E-state index contributed by atoms with van der Waals surface area (Å²) in [5.74, 6) is 0. The van der Waals surface area contributed by atoms with Gasteiger partial charge in [0.05, 0.1) is 11.4 Å². The number of fused-ring (bicyclic) bond motifs is 1. The summed E-state index contributed by atoms with van der Waals surface area (Å²) in [6.45, 7) is 0. The highest BCUT2D eigenvalue weighted by Crippen LogP contribution is 2.36. The quantitative estimate of drug-likeness (QED) is 0.564. The number of alkyl halides is 1. The third kappa shape index (κ3) is 1.66. The molecule has 0 spiro atoms. The van der Waals surface area contributed by atoms with Crippen molar-refractivity contribution < 1.29 is 9.90 Å². The van der Waals surface area contributed by atoms with E-state index in [1.54, 1.807) is 24.3 Å². The lowest BCUT2D eigenvalue weighted by atomic mass is 10.2. The van der Waals surface area contributed by atoms with Crippen LogP contribution in [0.2, 0.25) is 0 Å². The maximum absolute atomic E-state index is 11.0. The van der Waals surface area contributed by atoms with Gasteiger partial charge >= 0.3 is 6.09 Å². The first-order valence-corrected chi connectivity index (χ1v) is 4.92. The monoisotopic (exact) mass is 244 g/mol. The third-order valence-corrected chi connectivity index (χ3v) is 2.80. The topological polar surface area (TPSA) is 52.9 Å². The Bertz CT molecular complexity index is 447. The minimum atomic E-state index is -1.16. The second-order valence-electron chi connectivity index (χ2n) is 2.91. The van der Waals surface area contributed by atoms with Crippen LogP contribution in [0, 0.1) is 0 Å². The molecule has 0 bridgehead atoms. The number of aliphatic imine (C=N–C) groups is 1. The maximum Gasteiger partial charge on any atom is 0.413 e. The molecule has 1 aliphatic rings. The van der Waals surface area contributed by atoms with Gasteiger partial charge < -0.3 is 5.11 Å². The van der Waals surface area contributed by atoms with Crippen LogP contribution in [0.3, 0.4) is 0 Å². The van der Waals surface area contributed by atoms with E-state index in [0.29, 0.717) is 11.4 Å². The summed E-state index contributed by atoms with van der Waals surface area (Å²) in [5, 5.41) is 9.05. The second-order valence-corrected chi connectivity index (χ2v) is 3.71. The van der Waals surface area contributed by atoms with Crippen LogP contribution in [0.5, 0.6) is 0 Å². The van der Waals surface area contributed by atoms with Crippen LogP contribution in [0.15, 0.2) is 29.3 Å². The number of benzene rings is 1. The number of anilines is 1. The van der Waals surface area contributed by atoms with E-state index in [1.165, 1.54) is 0 Å². The molecule has 1 aromatic carbocycles. The standard InChI is InChI=1S/C9H6Cl2N2O2/c10-7-8(11)13(9(14)15)6-4-2-1-3-5(6)12-7/h1-4,8H,(H,14,15). The van der Waals surface area contributed by atoms with Crippen LogP contribution in [0.4, 0.5) is 16.2 Å². The maximum atomic E-state index is 11.0. The first-order valence-electron chi connectivity index (χ1n) is 4.10. The van der Waals surface area contributed by atoms with Crippen molar-refractivity contribution in [3.63, 3.8) is 0 Å². The Morgan fingerprint density at radius 3 is 2.80 bits per heavy atom. The summed E-state index contributed by atoms with van der Waals surface area (Å²) < 4.78 is 0. The Kier molecular flexibility index (Phi) is 2.54. The Balaban J connectivity index is 2.59. The van der Waals surface area contributed by atoms with Gasteiger partial charge in [-0.15, -0.1) is 0 Å². The summed E-state index contributed by atoms with van der Waals surface area (Å²) in [7, 11) is 0. The number of hydrogen-bond donors (Lipinski definition) is 1. The van der Waals surface area contributed by atoms with Crippen LogP contribution in [0.1, 0.15) is 0 Å². The first kappa shape index (κ1) is 10.3. The number of para-hydroxylation sites is 2. The van der Waals surface area contributed by atoms with Gasteiger partial charge in [-0.2, -0.15) is 0 Å². The molecule has 0 aliphatic carbocycles. The SMILES string of the molecule is O=C(O)N1c2ccccc2N=C(Cl)C1Cl. The van der Waals surface area contributed by atoms with Gasteiger partial charge in [0.15, 0.2) is 5.50 Å². The van der Waals surface area contributed by atoms with Gasteiger partial charge in [0, 0.05) is 0 Å². The Morgan fingerprint density at radius 2 is 2.13 bits per heavy atom. The zero-order chi connectivity index (χ0) is 11.0. The largest absolute Gasteiger partial charge is 0.465 e. The number of carboxylic acid groups (broad SMARTS) is 1. The summed E-state index contributed by atoms with van der Waals surface area (Å²) in [5.41, 5.74) is -0.0183. The van der Waals surface area contributed by atoms with E-state index in [4.69, 9.17) is 28.3 Å². The summed E-state index contributed by atoms with van der Waals surface area (Å²) >= 11 is 11.6. The minimum Gasteiger partial charge on any atom is -0.465 e. The van der Waals surface area contributed by atoms with Crippen LogP contribution in [-0.4, -0.2) is 21.9 Å². The molecule has 4 nitrogen and oxygen atoms in total. The molecule has 1 aliphatic heterocycles. The molecule has 2 rings (SSSR count). The lowest BCUT2D eigenvalue weighted by molar-refractivity contribution is 0.202. The van der Waals surface area contributed by atoms with Crippen LogP contribution >= 0.6 is 23.2 Å². The van der Waals surface area contributed by atoms with Crippen LogP contribution < -0.4 is 4.90 Å². The van der Waals surface area contributed by atoms with Crippen molar-refractivity contribution in [2.45, 2.75) is 5.50 Å². The average molecular weight is 245 g/mol. The lowest BCUT2D eigenvalue weighted by Crippen LogP contribution is -2.41. The predicted octanol–water partition coefficient (Wildman–Crippen LogP) is 3.02. The van der Waals surface area contributed by atoms with Gasteiger partial charge in [-0.1, -0.05) is 35.3 Å².